The number of aliphatic hydroxyl groups excluding tert-OH is 1. The van der Waals surface area contributed by atoms with Crippen LogP contribution in [-0.2, 0) is 25.5 Å². The Morgan fingerprint density at radius 2 is 1.73 bits per heavy atom. The largest absolute Gasteiger partial charge is 2.00 e. The first-order valence-corrected chi connectivity index (χ1v) is 20.0. The van der Waals surface area contributed by atoms with Crippen LogP contribution in [0.2, 0.25) is 0 Å². The Hall–Kier alpha value is -4.15. The molecule has 9 nitrogen and oxygen atoms in total. The molecule has 3 aliphatic rings. The van der Waals surface area contributed by atoms with E-state index in [1.807, 2.05) is 38.2 Å². The van der Waals surface area contributed by atoms with Crippen molar-refractivity contribution in [2.24, 2.45) is 23.7 Å². The number of esters is 2. The summed E-state index contributed by atoms with van der Waals surface area (Å²) in [6.07, 6.45) is 15.9. The Bertz CT molecular complexity index is 2320. The van der Waals surface area contributed by atoms with Gasteiger partial charge in [-0.2, -0.15) is 5.70 Å². The number of rotatable bonds is 13. The zero-order valence-corrected chi connectivity index (χ0v) is 36.2. The van der Waals surface area contributed by atoms with Crippen LogP contribution >= 0.6 is 0 Å². The monoisotopic (exact) mass is 769 g/mol. The predicted molar refractivity (Wildman–Crippen MR) is 225 cm³/mol. The van der Waals surface area contributed by atoms with Crippen LogP contribution in [0.25, 0.3) is 41.0 Å². The summed E-state index contributed by atoms with van der Waals surface area (Å²) in [5.41, 5.74) is 9.95. The Morgan fingerprint density at radius 3 is 2.41 bits per heavy atom. The van der Waals surface area contributed by atoms with E-state index >= 15 is 0 Å². The number of carbonyl (C=O) groups excluding carboxylic acids is 2. The van der Waals surface area contributed by atoms with E-state index in [9.17, 15) is 14.7 Å². The zero-order chi connectivity index (χ0) is 39.7. The summed E-state index contributed by atoms with van der Waals surface area (Å²) in [6.45, 7) is 21.3. The number of methoxy groups -OCH3 is 1. The van der Waals surface area contributed by atoms with Gasteiger partial charge in [-0.25, -0.2) is 0 Å². The fourth-order valence-electron chi connectivity index (χ4n) is 8.66. The average Bonchev–Trinajstić information content (AvgIpc) is 3.90. The third-order valence-corrected chi connectivity index (χ3v) is 12.4. The molecule has 1 unspecified atom stereocenters. The van der Waals surface area contributed by atoms with Gasteiger partial charge in [-0.15, -0.1) is 22.4 Å². The molecule has 56 heavy (non-hydrogen) atoms. The number of aliphatic hydroxyl groups is 1. The van der Waals surface area contributed by atoms with Gasteiger partial charge < -0.3 is 34.8 Å². The third-order valence-electron chi connectivity index (χ3n) is 12.4. The van der Waals surface area contributed by atoms with Gasteiger partial charge in [-0.1, -0.05) is 99.7 Å². The molecule has 0 saturated carbocycles. The molecule has 5 atom stereocenters. The van der Waals surface area contributed by atoms with Crippen LogP contribution in [0.15, 0.2) is 23.9 Å². The molecule has 1 aliphatic carbocycles. The van der Waals surface area contributed by atoms with Gasteiger partial charge in [0.1, 0.15) is 18.3 Å². The normalized spacial score (nSPS) is 22.5. The number of aromatic amines is 1. The number of nitrogens with zero attached hydrogens (tertiary/aromatic N) is 3. The van der Waals surface area contributed by atoms with Gasteiger partial charge in [0.2, 0.25) is 0 Å². The molecule has 5 heterocycles. The molecule has 3 aromatic heterocycles. The van der Waals surface area contributed by atoms with Crippen LogP contribution in [0.3, 0.4) is 0 Å². The average molecular weight is 770 g/mol. The van der Waals surface area contributed by atoms with E-state index in [0.717, 1.165) is 80.8 Å². The molecular weight excluding hydrogens is 713 g/mol. The third kappa shape index (κ3) is 8.14. The van der Waals surface area contributed by atoms with Crippen molar-refractivity contribution in [3.8, 4) is 0 Å². The summed E-state index contributed by atoms with van der Waals surface area (Å²) in [5.74, 6) is -1.58. The Morgan fingerprint density at radius 1 is 1.02 bits per heavy atom. The molecule has 294 valence electrons. The van der Waals surface area contributed by atoms with Crippen molar-refractivity contribution in [1.82, 2.24) is 15.0 Å². The van der Waals surface area contributed by atoms with E-state index in [1.54, 1.807) is 0 Å². The smallest absolute Gasteiger partial charge is 0.681 e. The van der Waals surface area contributed by atoms with Gasteiger partial charge in [0.25, 0.3) is 0 Å². The summed E-state index contributed by atoms with van der Waals surface area (Å²) in [4.78, 5) is 40.7. The molecule has 0 spiro atoms. The second kappa shape index (κ2) is 18.0. The van der Waals surface area contributed by atoms with Crippen LogP contribution in [0.1, 0.15) is 118 Å². The van der Waals surface area contributed by atoms with E-state index in [1.165, 1.54) is 25.5 Å². The zero-order valence-electron chi connectivity index (χ0n) is 34.8. The Kier molecular flexibility index (Phi) is 13.8. The molecule has 2 N–H and O–H groups in total. The molecular formula is C46H57MgN4O5-. The van der Waals surface area contributed by atoms with Crippen molar-refractivity contribution in [2.75, 3.05) is 13.7 Å². The van der Waals surface area contributed by atoms with Gasteiger partial charge >= 0.3 is 35.0 Å². The van der Waals surface area contributed by atoms with E-state index in [0.29, 0.717) is 28.3 Å². The Labute approximate surface area is 347 Å². The molecule has 0 radical (unpaired) electrons. The Balaban J connectivity index is 0.00000600. The minimum absolute atomic E-state index is 0. The standard InChI is InChI=1S/C46H57N4O5.Mg/c1-11-24(4)15-14-16-25(5)19-20-55-39(51)18-17-32-28(8)35-21-33-26(6)30(12-2)37(47-33)22-34-27(7)31(13-3)38(48-34)23-36-29(9)40-44(50-36)41(43(32)49-35)42(45(40)52)46(53)54-10;/h12,19,21-24,28,32,42-43,48,52H,2,11,13-18,20H2,1,3-10H3;/q-3;+2/b25-19+,34-22-,35-21-,38-23-;/t24-,28+,32+,42-,43?;/m1./s1. The first-order valence-electron chi connectivity index (χ1n) is 20.0. The number of H-pyrrole nitrogens is 1. The number of carbonyl (C=O) groups is 2. The first kappa shape index (κ1) is 43.0. The molecule has 0 aromatic carbocycles. The second-order valence-electron chi connectivity index (χ2n) is 15.7. The van der Waals surface area contributed by atoms with Crippen molar-refractivity contribution in [1.29, 1.82) is 0 Å². The van der Waals surface area contributed by atoms with E-state index < -0.39 is 17.9 Å². The molecule has 3 aromatic rings. The van der Waals surface area contributed by atoms with Crippen molar-refractivity contribution >= 4 is 70.6 Å². The second-order valence-corrected chi connectivity index (χ2v) is 15.7. The minimum atomic E-state index is -1.06. The van der Waals surface area contributed by atoms with Crippen molar-refractivity contribution in [3.05, 3.63) is 95.4 Å². The van der Waals surface area contributed by atoms with E-state index in [2.05, 4.69) is 59.2 Å². The molecule has 8 bridgehead atoms. The quantitative estimate of drug-likeness (QED) is 0.128. The first-order chi connectivity index (χ1) is 26.3. The summed E-state index contributed by atoms with van der Waals surface area (Å²) in [5, 5.41) is 20.1. The van der Waals surface area contributed by atoms with Crippen LogP contribution in [0.5, 0.6) is 0 Å². The topological polar surface area (TPSA) is 131 Å². The van der Waals surface area contributed by atoms with Crippen LogP contribution in [-0.4, -0.2) is 64.8 Å². The predicted octanol–water partition coefficient (Wildman–Crippen LogP) is 5.81. The van der Waals surface area contributed by atoms with Crippen LogP contribution in [0.4, 0.5) is 0 Å². The van der Waals surface area contributed by atoms with Gasteiger partial charge in [0.05, 0.1) is 7.11 Å². The maximum absolute atomic E-state index is 13.5. The number of allylic oxidation sites excluding steroid dienone is 2. The minimum Gasteiger partial charge on any atom is -0.681 e. The SMILES string of the molecule is C=Cc1c2[n-]c(c1C)/C=C1\[N-]C(C3=c4[n-]c(c(C)c4=C(O)[C@@H]3C(=O)OC)/C=c3\[nH]/c(c(C)c3CC)=C\2)[C@@H](CCC(=O)OC/C=C(\C)CCC[C@H](C)CC)[C@@H]1C.[Mg+2]. The van der Waals surface area contributed by atoms with E-state index in [4.69, 9.17) is 24.8 Å². The molecule has 1 fully saturated rings. The van der Waals surface area contributed by atoms with Crippen molar-refractivity contribution < 1.29 is 24.2 Å². The maximum Gasteiger partial charge on any atom is 2.00 e. The van der Waals surface area contributed by atoms with Crippen molar-refractivity contribution in [2.45, 2.75) is 106 Å². The molecule has 6 rings (SSSR count). The van der Waals surface area contributed by atoms with Crippen molar-refractivity contribution in [3.63, 3.8) is 0 Å². The molecule has 10 heteroatoms. The number of hydrogen-bond donors (Lipinski definition) is 2. The molecule has 2 aliphatic heterocycles. The number of nitrogens with one attached hydrogen (secondary N) is 1. The van der Waals surface area contributed by atoms with E-state index in [-0.39, 0.29) is 59.6 Å². The summed E-state index contributed by atoms with van der Waals surface area (Å²) in [7, 11) is 1.33. The summed E-state index contributed by atoms with van der Waals surface area (Å²) < 4.78 is 11.0. The number of hydrogen-bond acceptors (Lipinski definition) is 5. The summed E-state index contributed by atoms with van der Waals surface area (Å²) >= 11 is 0. The fourth-order valence-corrected chi connectivity index (χ4v) is 8.66. The number of fused-ring (bicyclic) bond motifs is 8. The van der Waals surface area contributed by atoms with Crippen LogP contribution in [0, 0.1) is 44.4 Å². The van der Waals surface area contributed by atoms with Gasteiger partial charge in [0, 0.05) is 22.3 Å². The van der Waals surface area contributed by atoms with Gasteiger partial charge in [-0.05, 0) is 93.9 Å². The number of aromatic nitrogens is 3. The number of ether oxygens (including phenoxy) is 2. The van der Waals surface area contributed by atoms with Gasteiger partial charge in [0.15, 0.2) is 0 Å². The van der Waals surface area contributed by atoms with Gasteiger partial charge in [-0.3, -0.25) is 9.59 Å². The fraction of sp³-hybridized carbons (Fsp3) is 0.478. The molecule has 0 amide bonds. The summed E-state index contributed by atoms with van der Waals surface area (Å²) in [6, 6.07) is -0.560. The van der Waals surface area contributed by atoms with Crippen LogP contribution < -0.4 is 31.2 Å². The molecule has 1 saturated heterocycles. The maximum atomic E-state index is 13.5.